The van der Waals surface area contributed by atoms with E-state index in [1.54, 1.807) is 73.8 Å². The lowest BCUT2D eigenvalue weighted by Crippen LogP contribution is -2.27. The Morgan fingerprint density at radius 1 is 1.10 bits per heavy atom. The molecule has 3 rings (SSSR count). The summed E-state index contributed by atoms with van der Waals surface area (Å²) in [5, 5.41) is 3.22. The van der Waals surface area contributed by atoms with E-state index < -0.39 is 0 Å². The van der Waals surface area contributed by atoms with Crippen LogP contribution in [0.2, 0.25) is 5.02 Å². The van der Waals surface area contributed by atoms with Crippen LogP contribution in [0.3, 0.4) is 0 Å². The van der Waals surface area contributed by atoms with Crippen LogP contribution in [0.25, 0.3) is 0 Å². The van der Waals surface area contributed by atoms with Crippen molar-refractivity contribution in [1.82, 2.24) is 9.88 Å². The zero-order chi connectivity index (χ0) is 20.8. The number of ether oxygens (including phenoxy) is 1. The summed E-state index contributed by atoms with van der Waals surface area (Å²) in [6.45, 7) is 0.263. The molecule has 0 aliphatic rings. The van der Waals surface area contributed by atoms with Crippen LogP contribution in [0, 0.1) is 0 Å². The van der Waals surface area contributed by atoms with Crippen molar-refractivity contribution in [2.45, 2.75) is 6.54 Å². The van der Waals surface area contributed by atoms with Crippen molar-refractivity contribution in [2.75, 3.05) is 19.5 Å². The van der Waals surface area contributed by atoms with Gasteiger partial charge in [-0.15, -0.1) is 0 Å². The molecule has 148 valence electrons. The minimum atomic E-state index is -0.325. The van der Waals surface area contributed by atoms with Crippen LogP contribution in [0.5, 0.6) is 5.75 Å². The van der Waals surface area contributed by atoms with Gasteiger partial charge in [-0.2, -0.15) is 0 Å². The Morgan fingerprint density at radius 3 is 2.59 bits per heavy atom. The summed E-state index contributed by atoms with van der Waals surface area (Å²) in [6.07, 6.45) is 3.07. The fraction of sp³-hybridized carbons (Fsp3) is 0.136. The van der Waals surface area contributed by atoms with Gasteiger partial charge in [-0.25, -0.2) is 0 Å². The molecular weight excluding hydrogens is 390 g/mol. The second kappa shape index (κ2) is 9.21. The van der Waals surface area contributed by atoms with Crippen LogP contribution in [-0.2, 0) is 6.54 Å². The van der Waals surface area contributed by atoms with E-state index in [1.165, 1.54) is 6.20 Å². The van der Waals surface area contributed by atoms with Crippen molar-refractivity contribution in [2.24, 2.45) is 0 Å². The summed E-state index contributed by atoms with van der Waals surface area (Å²) in [6, 6.07) is 15.6. The highest BCUT2D eigenvalue weighted by Gasteiger charge is 2.17. The number of nitrogens with zero attached hydrogens (tertiary/aromatic N) is 2. The first-order valence-electron chi connectivity index (χ1n) is 8.88. The van der Waals surface area contributed by atoms with Crippen molar-refractivity contribution in [1.29, 1.82) is 0 Å². The van der Waals surface area contributed by atoms with Crippen molar-refractivity contribution in [3.63, 3.8) is 0 Å². The molecule has 0 saturated heterocycles. The van der Waals surface area contributed by atoms with E-state index >= 15 is 0 Å². The smallest absolute Gasteiger partial charge is 0.257 e. The molecular formula is C22H20ClN3O3. The molecule has 0 radical (unpaired) electrons. The number of pyridine rings is 1. The van der Waals surface area contributed by atoms with Gasteiger partial charge in [-0.05, 0) is 42.0 Å². The molecule has 0 atom stereocenters. The molecule has 1 heterocycles. The van der Waals surface area contributed by atoms with Gasteiger partial charge < -0.3 is 15.0 Å². The zero-order valence-corrected chi connectivity index (χ0v) is 16.8. The van der Waals surface area contributed by atoms with Crippen LogP contribution < -0.4 is 10.1 Å². The number of carbonyl (C=O) groups excluding carboxylic acids is 2. The lowest BCUT2D eigenvalue weighted by Gasteiger charge is -2.20. The fourth-order valence-electron chi connectivity index (χ4n) is 2.83. The van der Waals surface area contributed by atoms with E-state index in [9.17, 15) is 9.59 Å². The van der Waals surface area contributed by atoms with Crippen LogP contribution in [0.15, 0.2) is 67.0 Å². The lowest BCUT2D eigenvalue weighted by atomic mass is 10.1. The predicted octanol–water partition coefficient (Wildman–Crippen LogP) is 4.27. The van der Waals surface area contributed by atoms with Crippen molar-refractivity contribution >= 4 is 29.1 Å². The summed E-state index contributed by atoms with van der Waals surface area (Å²) in [5.41, 5.74) is 2.11. The molecule has 2 aromatic carbocycles. The third-order valence-electron chi connectivity index (χ3n) is 4.33. The summed E-state index contributed by atoms with van der Waals surface area (Å²) in [4.78, 5) is 30.8. The highest BCUT2D eigenvalue weighted by molar-refractivity contribution is 6.34. The molecule has 1 aromatic heterocycles. The van der Waals surface area contributed by atoms with Gasteiger partial charge in [0, 0.05) is 31.5 Å². The number of methoxy groups -OCH3 is 1. The number of hydrogen-bond donors (Lipinski definition) is 1. The van der Waals surface area contributed by atoms with E-state index in [0.717, 1.165) is 0 Å². The van der Waals surface area contributed by atoms with Crippen LogP contribution >= 0.6 is 11.6 Å². The molecule has 29 heavy (non-hydrogen) atoms. The van der Waals surface area contributed by atoms with Gasteiger partial charge >= 0.3 is 0 Å². The van der Waals surface area contributed by atoms with Gasteiger partial charge in [0.15, 0.2) is 0 Å². The average molecular weight is 410 g/mol. The first-order chi connectivity index (χ1) is 14.0. The van der Waals surface area contributed by atoms with E-state index in [0.29, 0.717) is 33.1 Å². The Kier molecular flexibility index (Phi) is 6.46. The van der Waals surface area contributed by atoms with Crippen molar-refractivity contribution in [3.8, 4) is 5.75 Å². The second-order valence-electron chi connectivity index (χ2n) is 6.36. The van der Waals surface area contributed by atoms with E-state index in [1.807, 2.05) is 6.07 Å². The Labute approximate surface area is 174 Å². The Morgan fingerprint density at radius 2 is 1.86 bits per heavy atom. The summed E-state index contributed by atoms with van der Waals surface area (Å²) >= 11 is 6.33. The Hall–Kier alpha value is -3.38. The Balaban J connectivity index is 1.81. The number of benzene rings is 2. The molecule has 2 amide bonds. The molecule has 1 N–H and O–H groups in total. The third-order valence-corrected chi connectivity index (χ3v) is 4.65. The van der Waals surface area contributed by atoms with Crippen LogP contribution in [-0.4, -0.2) is 35.9 Å². The van der Waals surface area contributed by atoms with Gasteiger partial charge in [-0.1, -0.05) is 29.8 Å². The zero-order valence-electron chi connectivity index (χ0n) is 16.1. The van der Waals surface area contributed by atoms with E-state index in [-0.39, 0.29) is 18.4 Å². The molecule has 0 bridgehead atoms. The van der Waals surface area contributed by atoms with Gasteiger partial charge in [0.1, 0.15) is 5.75 Å². The average Bonchev–Trinajstić information content (AvgIpc) is 2.76. The first kappa shape index (κ1) is 20.4. The van der Waals surface area contributed by atoms with Crippen molar-refractivity contribution in [3.05, 3.63) is 88.7 Å². The third kappa shape index (κ3) is 4.92. The number of nitrogens with one attached hydrogen (secondary N) is 1. The van der Waals surface area contributed by atoms with Crippen LogP contribution in [0.4, 0.5) is 5.69 Å². The lowest BCUT2D eigenvalue weighted by molar-refractivity contribution is 0.0785. The predicted molar refractivity (Wildman–Crippen MR) is 112 cm³/mol. The van der Waals surface area contributed by atoms with Crippen molar-refractivity contribution < 1.29 is 14.3 Å². The topological polar surface area (TPSA) is 71.5 Å². The van der Waals surface area contributed by atoms with Gasteiger partial charge in [0.05, 0.1) is 23.4 Å². The maximum absolute atomic E-state index is 12.8. The quantitative estimate of drug-likeness (QED) is 0.660. The fourth-order valence-corrected chi connectivity index (χ4v) is 3.07. The molecule has 3 aromatic rings. The van der Waals surface area contributed by atoms with Gasteiger partial charge in [0.25, 0.3) is 11.8 Å². The first-order valence-corrected chi connectivity index (χ1v) is 9.25. The minimum Gasteiger partial charge on any atom is -0.497 e. The molecule has 0 aliphatic heterocycles. The maximum Gasteiger partial charge on any atom is 0.257 e. The second-order valence-corrected chi connectivity index (χ2v) is 6.77. The molecule has 0 saturated carbocycles. The number of aromatic nitrogens is 1. The maximum atomic E-state index is 12.8. The Bertz CT molecular complexity index is 1020. The number of para-hydroxylation sites is 1. The molecule has 0 unspecified atom stereocenters. The highest BCUT2D eigenvalue weighted by Crippen LogP contribution is 2.28. The SMILES string of the molecule is COc1cccc(C(=O)N(C)Cc2cccc(Cl)c2NC(=O)c2cccnc2)c1. The number of rotatable bonds is 6. The molecule has 6 nitrogen and oxygen atoms in total. The van der Waals surface area contributed by atoms with Crippen LogP contribution in [0.1, 0.15) is 26.3 Å². The molecule has 0 fully saturated rings. The molecule has 7 heteroatoms. The number of hydrogen-bond acceptors (Lipinski definition) is 4. The largest absolute Gasteiger partial charge is 0.497 e. The molecule has 0 spiro atoms. The standard InChI is InChI=1S/C22H20ClN3O3/c1-26(22(28)15-6-3-9-18(12-15)29-2)14-17-7-4-10-19(23)20(17)25-21(27)16-8-5-11-24-13-16/h3-13H,14H2,1-2H3,(H,25,27). The molecule has 0 aliphatic carbocycles. The van der Waals surface area contributed by atoms with E-state index in [4.69, 9.17) is 16.3 Å². The number of amides is 2. The van der Waals surface area contributed by atoms with E-state index in [2.05, 4.69) is 10.3 Å². The normalized spacial score (nSPS) is 10.3. The summed E-state index contributed by atoms with van der Waals surface area (Å²) in [5.74, 6) is 0.110. The summed E-state index contributed by atoms with van der Waals surface area (Å²) < 4.78 is 5.18. The number of anilines is 1. The van der Waals surface area contributed by atoms with Gasteiger partial charge in [0.2, 0.25) is 0 Å². The minimum absolute atomic E-state index is 0.173. The monoisotopic (exact) mass is 409 g/mol. The number of carbonyl (C=O) groups is 2. The number of halogens is 1. The highest BCUT2D eigenvalue weighted by atomic mass is 35.5. The van der Waals surface area contributed by atoms with Gasteiger partial charge in [-0.3, -0.25) is 14.6 Å². The summed E-state index contributed by atoms with van der Waals surface area (Å²) in [7, 11) is 3.24.